The van der Waals surface area contributed by atoms with E-state index in [0.29, 0.717) is 14.5 Å². The maximum Gasteiger partial charge on any atom is 0.116 e. The van der Waals surface area contributed by atoms with Crippen molar-refractivity contribution >= 4 is 107 Å². The van der Waals surface area contributed by atoms with Gasteiger partial charge in [-0.25, -0.2) is 0 Å². The maximum atomic E-state index is 4.42. The Hall–Kier alpha value is 1.50. The molecule has 3 atom stereocenters. The highest BCUT2D eigenvalue weighted by atomic mass is 79.9. The van der Waals surface area contributed by atoms with E-state index in [1.165, 1.54) is 16.7 Å². The third kappa shape index (κ3) is 5.75. The molecule has 1 aromatic carbocycles. The fraction of sp³-hybridized carbons (Fsp3) is 0.600. The van der Waals surface area contributed by atoms with Crippen LogP contribution in [0.15, 0.2) is 6.07 Å². The Morgan fingerprint density at radius 2 is 1.33 bits per heavy atom. The van der Waals surface area contributed by atoms with Gasteiger partial charge in [-0.05, 0) is 42.0 Å². The number of aromatic amines is 1. The standard InChI is InChI=1S/C15H17Br6N3/c16-5-9(19)1-8-2-14-15(23-24-22-14)13(4-11(21)7-18)12(8)3-10(20)6-17/h2,9-11H,1,3-7H2,(H,22,23,24). The fourth-order valence-electron chi connectivity index (χ4n) is 2.65. The lowest BCUT2D eigenvalue weighted by molar-refractivity contribution is 0.873. The van der Waals surface area contributed by atoms with E-state index >= 15 is 0 Å². The van der Waals surface area contributed by atoms with Gasteiger partial charge in [0.1, 0.15) is 11.0 Å². The van der Waals surface area contributed by atoms with Crippen LogP contribution in [0.5, 0.6) is 0 Å². The van der Waals surface area contributed by atoms with E-state index < -0.39 is 0 Å². The highest BCUT2D eigenvalue weighted by Gasteiger charge is 2.21. The molecular formula is C15H17Br6N3. The minimum absolute atomic E-state index is 0.361. The molecule has 0 amide bonds. The van der Waals surface area contributed by atoms with Crippen molar-refractivity contribution in [1.82, 2.24) is 15.4 Å². The van der Waals surface area contributed by atoms with Gasteiger partial charge in [-0.15, -0.1) is 0 Å². The van der Waals surface area contributed by atoms with Crippen LogP contribution < -0.4 is 0 Å². The second kappa shape index (κ2) is 10.7. The van der Waals surface area contributed by atoms with Gasteiger partial charge in [0.05, 0.1) is 0 Å². The molecule has 1 N–H and O–H groups in total. The van der Waals surface area contributed by atoms with Crippen LogP contribution in [0.25, 0.3) is 11.0 Å². The topological polar surface area (TPSA) is 41.6 Å². The van der Waals surface area contributed by atoms with E-state index in [0.717, 1.165) is 46.3 Å². The third-order valence-electron chi connectivity index (χ3n) is 3.72. The van der Waals surface area contributed by atoms with E-state index in [2.05, 4.69) is 117 Å². The van der Waals surface area contributed by atoms with Gasteiger partial charge < -0.3 is 0 Å². The average molecular weight is 719 g/mol. The van der Waals surface area contributed by atoms with Gasteiger partial charge in [0.2, 0.25) is 0 Å². The Balaban J connectivity index is 2.56. The number of nitrogens with zero attached hydrogens (tertiary/aromatic N) is 2. The average Bonchev–Trinajstić information content (AvgIpc) is 3.05. The number of hydrogen-bond acceptors (Lipinski definition) is 2. The monoisotopic (exact) mass is 713 g/mol. The van der Waals surface area contributed by atoms with Gasteiger partial charge in [-0.2, -0.15) is 15.4 Å². The number of H-pyrrole nitrogens is 1. The first-order valence-electron chi connectivity index (χ1n) is 7.44. The number of alkyl halides is 6. The summed E-state index contributed by atoms with van der Waals surface area (Å²) in [6.45, 7) is 0. The van der Waals surface area contributed by atoms with Gasteiger partial charge in [0, 0.05) is 30.5 Å². The summed E-state index contributed by atoms with van der Waals surface area (Å²) in [4.78, 5) is 1.14. The minimum Gasteiger partial charge on any atom is -0.197 e. The van der Waals surface area contributed by atoms with Crippen molar-refractivity contribution in [3.8, 4) is 0 Å². The number of benzene rings is 1. The van der Waals surface area contributed by atoms with Crippen molar-refractivity contribution in [2.75, 3.05) is 16.0 Å². The van der Waals surface area contributed by atoms with Gasteiger partial charge in [0.15, 0.2) is 0 Å². The van der Waals surface area contributed by atoms with Crippen molar-refractivity contribution in [3.63, 3.8) is 0 Å². The van der Waals surface area contributed by atoms with Crippen LogP contribution in [0.1, 0.15) is 16.7 Å². The molecule has 24 heavy (non-hydrogen) atoms. The molecule has 0 fully saturated rings. The molecule has 0 radical (unpaired) electrons. The van der Waals surface area contributed by atoms with Crippen LogP contribution in [0.4, 0.5) is 0 Å². The summed E-state index contributed by atoms with van der Waals surface area (Å²) in [5.41, 5.74) is 5.94. The molecule has 3 unspecified atom stereocenters. The Bertz CT molecular complexity index is 662. The van der Waals surface area contributed by atoms with E-state index in [4.69, 9.17) is 0 Å². The number of aromatic nitrogens is 3. The van der Waals surface area contributed by atoms with E-state index in [1.54, 1.807) is 0 Å². The molecule has 0 spiro atoms. The van der Waals surface area contributed by atoms with Gasteiger partial charge in [-0.3, -0.25) is 0 Å². The normalized spacial score (nSPS) is 15.6. The van der Waals surface area contributed by atoms with Crippen molar-refractivity contribution in [3.05, 3.63) is 22.8 Å². The molecule has 0 aliphatic carbocycles. The fourth-order valence-corrected chi connectivity index (χ4v) is 4.34. The Labute approximate surface area is 192 Å². The largest absolute Gasteiger partial charge is 0.197 e. The maximum absolute atomic E-state index is 4.42. The predicted molar refractivity (Wildman–Crippen MR) is 125 cm³/mol. The molecular weight excluding hydrogens is 702 g/mol. The van der Waals surface area contributed by atoms with Crippen molar-refractivity contribution in [1.29, 1.82) is 0 Å². The van der Waals surface area contributed by atoms with Crippen LogP contribution in [-0.4, -0.2) is 45.9 Å². The molecule has 0 saturated heterocycles. The number of halogens is 6. The van der Waals surface area contributed by atoms with Crippen LogP contribution >= 0.6 is 95.6 Å². The lowest BCUT2D eigenvalue weighted by Gasteiger charge is -2.20. The Morgan fingerprint density at radius 3 is 1.92 bits per heavy atom. The Morgan fingerprint density at radius 1 is 0.792 bits per heavy atom. The van der Waals surface area contributed by atoms with Crippen LogP contribution in [0.3, 0.4) is 0 Å². The summed E-state index contributed by atoms with van der Waals surface area (Å²) >= 11 is 22.0. The second-order valence-corrected chi connectivity index (χ2v) is 11.4. The first-order valence-corrected chi connectivity index (χ1v) is 13.5. The molecule has 1 aromatic heterocycles. The summed E-state index contributed by atoms with van der Waals surface area (Å²) in [6, 6.07) is 2.18. The molecule has 2 aromatic rings. The molecule has 9 heteroatoms. The number of fused-ring (bicyclic) bond motifs is 1. The highest BCUT2D eigenvalue weighted by molar-refractivity contribution is 9.12. The first-order chi connectivity index (χ1) is 11.5. The molecule has 134 valence electrons. The van der Waals surface area contributed by atoms with Crippen LogP contribution in [0.2, 0.25) is 0 Å². The zero-order chi connectivity index (χ0) is 17.7. The smallest absolute Gasteiger partial charge is 0.116 e. The van der Waals surface area contributed by atoms with E-state index in [1.807, 2.05) is 0 Å². The molecule has 2 rings (SSSR count). The van der Waals surface area contributed by atoms with E-state index in [-0.39, 0.29) is 0 Å². The van der Waals surface area contributed by atoms with Gasteiger partial charge >= 0.3 is 0 Å². The molecule has 3 nitrogen and oxygen atoms in total. The molecule has 0 bridgehead atoms. The van der Waals surface area contributed by atoms with Gasteiger partial charge in [0.25, 0.3) is 0 Å². The molecule has 1 heterocycles. The van der Waals surface area contributed by atoms with Crippen molar-refractivity contribution in [2.45, 2.75) is 33.7 Å². The van der Waals surface area contributed by atoms with Crippen molar-refractivity contribution in [2.24, 2.45) is 0 Å². The summed E-state index contributed by atoms with van der Waals surface area (Å²) in [6.07, 6.45) is 2.84. The van der Waals surface area contributed by atoms with Crippen LogP contribution in [0, 0.1) is 0 Å². The SMILES string of the molecule is BrCC(Br)Cc1cc2n[nH]nc2c(CC(Br)CBr)c1CC(Br)CBr. The predicted octanol–water partition coefficient (Wildman–Crippen LogP) is 6.06. The molecule has 0 aliphatic heterocycles. The first kappa shape index (κ1) is 21.8. The van der Waals surface area contributed by atoms with Gasteiger partial charge in [-0.1, -0.05) is 95.6 Å². The summed E-state index contributed by atoms with van der Waals surface area (Å²) in [5.74, 6) is 0. The quantitative estimate of drug-likeness (QED) is 0.321. The lowest BCUT2D eigenvalue weighted by atomic mass is 9.91. The molecule has 0 aliphatic rings. The number of nitrogens with one attached hydrogen (secondary N) is 1. The third-order valence-corrected chi connectivity index (χ3v) is 10.6. The zero-order valence-corrected chi connectivity index (χ0v) is 22.2. The second-order valence-electron chi connectivity index (χ2n) is 5.55. The van der Waals surface area contributed by atoms with Crippen LogP contribution in [-0.2, 0) is 19.3 Å². The molecule has 0 saturated carbocycles. The van der Waals surface area contributed by atoms with E-state index in [9.17, 15) is 0 Å². The summed E-state index contributed by atoms with van der Waals surface area (Å²) < 4.78 is 0. The number of rotatable bonds is 9. The number of hydrogen-bond donors (Lipinski definition) is 1. The Kier molecular flexibility index (Phi) is 9.75. The highest BCUT2D eigenvalue weighted by Crippen LogP contribution is 2.31. The zero-order valence-electron chi connectivity index (χ0n) is 12.7. The lowest BCUT2D eigenvalue weighted by Crippen LogP contribution is -2.16. The summed E-state index contributed by atoms with van der Waals surface area (Å²) in [7, 11) is 0. The summed E-state index contributed by atoms with van der Waals surface area (Å²) in [5, 5.41) is 14.3. The minimum atomic E-state index is 0.361. The van der Waals surface area contributed by atoms with Crippen molar-refractivity contribution < 1.29 is 0 Å².